The van der Waals surface area contributed by atoms with Crippen LogP contribution < -0.4 is 15.4 Å². The van der Waals surface area contributed by atoms with Crippen LogP contribution in [0.15, 0.2) is 36.4 Å². The maximum Gasteiger partial charge on any atom is 0.388 e. The lowest BCUT2D eigenvalue weighted by molar-refractivity contribution is -0.136. The van der Waals surface area contributed by atoms with E-state index in [1.807, 2.05) is 24.3 Å². The molecule has 2 aromatic rings. The van der Waals surface area contributed by atoms with E-state index in [4.69, 9.17) is 5.11 Å². The van der Waals surface area contributed by atoms with Gasteiger partial charge in [0, 0.05) is 31.9 Å². The van der Waals surface area contributed by atoms with Gasteiger partial charge in [-0.2, -0.15) is 8.78 Å². The summed E-state index contributed by atoms with van der Waals surface area (Å²) < 4.78 is 30.4. The molecule has 3 N–H and O–H groups in total. The first-order valence-corrected chi connectivity index (χ1v) is 11.1. The number of alkyl halides is 2. The summed E-state index contributed by atoms with van der Waals surface area (Å²) in [6.07, 6.45) is 0. The van der Waals surface area contributed by atoms with E-state index in [0.29, 0.717) is 31.9 Å². The van der Waals surface area contributed by atoms with Gasteiger partial charge in [0.15, 0.2) is 0 Å². The maximum atomic E-state index is 13.7. The Morgan fingerprint density at radius 2 is 1.91 bits per heavy atom. The summed E-state index contributed by atoms with van der Waals surface area (Å²) in [6, 6.07) is 10.8. The number of carbonyl (C=O) groups is 2. The van der Waals surface area contributed by atoms with Crippen LogP contribution in [0, 0.1) is 6.92 Å². The molecule has 34 heavy (non-hydrogen) atoms. The van der Waals surface area contributed by atoms with Gasteiger partial charge in [-0.25, -0.2) is 4.98 Å². The van der Waals surface area contributed by atoms with E-state index in [0.717, 1.165) is 11.1 Å². The number of likely N-dealkylation sites (tertiary alicyclic amines) is 1. The average molecular weight is 477 g/mol. The number of hydrogen-bond acceptors (Lipinski definition) is 6. The summed E-state index contributed by atoms with van der Waals surface area (Å²) in [4.78, 5) is 30.4. The fourth-order valence-corrected chi connectivity index (χ4v) is 4.22. The van der Waals surface area contributed by atoms with Crippen LogP contribution in [0.4, 0.5) is 14.5 Å². The lowest BCUT2D eigenvalue weighted by atomic mass is 9.69. The minimum Gasteiger partial charge on any atom is -0.480 e. The number of carbonyl (C=O) groups excluding carboxylic acids is 1. The summed E-state index contributed by atoms with van der Waals surface area (Å²) in [7, 11) is 0. The van der Waals surface area contributed by atoms with Gasteiger partial charge < -0.3 is 20.5 Å². The Kier molecular flexibility index (Phi) is 8.16. The number of aromatic nitrogens is 1. The van der Waals surface area contributed by atoms with Crippen molar-refractivity contribution in [2.45, 2.75) is 38.7 Å². The molecule has 0 unspecified atom stereocenters. The number of aryl methyl sites for hydroxylation is 1. The first kappa shape index (κ1) is 25.5. The fourth-order valence-electron chi connectivity index (χ4n) is 4.22. The lowest BCUT2D eigenvalue weighted by Gasteiger charge is -2.50. The molecule has 8 nitrogen and oxygen atoms in total. The minimum atomic E-state index is -3.07. The number of pyridine rings is 1. The quantitative estimate of drug-likeness (QED) is 0.429. The second kappa shape index (κ2) is 10.9. The number of nitrogens with one attached hydrogen (secondary N) is 2. The summed E-state index contributed by atoms with van der Waals surface area (Å²) in [5.74, 6) is -1.42. The van der Waals surface area contributed by atoms with Crippen LogP contribution in [0.1, 0.15) is 36.6 Å². The number of benzene rings is 1. The van der Waals surface area contributed by atoms with E-state index in [2.05, 4.69) is 39.1 Å². The standard InChI is InChI=1S/C24H30F2N4O4/c1-15(2)17-6-4-5-7-18(17)24(13-30(14-24)11-10-27-12-20(31)32)22(33)29-19-9-8-16(3)28-21(19)34-23(25)26/h4-9,15,23,27H,10-14H2,1-3H3,(H,29,33)(H,31,32). The molecule has 1 aliphatic rings. The third-order valence-electron chi connectivity index (χ3n) is 5.85. The SMILES string of the molecule is Cc1ccc(NC(=O)C2(c3ccccc3C(C)C)CN(CCNCC(=O)O)C2)c(OC(F)F)n1. The highest BCUT2D eigenvalue weighted by Gasteiger charge is 2.51. The normalized spacial score (nSPS) is 15.3. The first-order chi connectivity index (χ1) is 16.1. The number of amides is 1. The molecule has 0 saturated carbocycles. The van der Waals surface area contributed by atoms with Gasteiger partial charge >= 0.3 is 12.6 Å². The van der Waals surface area contributed by atoms with Gasteiger partial charge in [-0.05, 0) is 36.1 Å². The molecular weight excluding hydrogens is 446 g/mol. The second-order valence-corrected chi connectivity index (χ2v) is 8.74. The Labute approximate surface area is 197 Å². The van der Waals surface area contributed by atoms with Gasteiger partial charge in [0.1, 0.15) is 5.69 Å². The molecule has 184 valence electrons. The summed E-state index contributed by atoms with van der Waals surface area (Å²) >= 11 is 0. The van der Waals surface area contributed by atoms with Gasteiger partial charge in [0.2, 0.25) is 11.8 Å². The van der Waals surface area contributed by atoms with Gasteiger partial charge in [0.05, 0.1) is 12.0 Å². The number of anilines is 1. The molecule has 1 aromatic carbocycles. The number of hydrogen-bond donors (Lipinski definition) is 3. The molecule has 0 aliphatic carbocycles. The van der Waals surface area contributed by atoms with Crippen molar-refractivity contribution in [1.29, 1.82) is 0 Å². The molecular formula is C24H30F2N4O4. The van der Waals surface area contributed by atoms with Crippen molar-refractivity contribution < 1.29 is 28.2 Å². The van der Waals surface area contributed by atoms with Crippen LogP contribution in [0.25, 0.3) is 0 Å². The fraction of sp³-hybridized carbons (Fsp3) is 0.458. The van der Waals surface area contributed by atoms with Crippen LogP contribution >= 0.6 is 0 Å². The largest absolute Gasteiger partial charge is 0.480 e. The van der Waals surface area contributed by atoms with Gasteiger partial charge in [0.25, 0.3) is 0 Å². The first-order valence-electron chi connectivity index (χ1n) is 11.1. The van der Waals surface area contributed by atoms with E-state index in [1.165, 1.54) is 6.07 Å². The number of carboxylic acid groups (broad SMARTS) is 1. The van der Waals surface area contributed by atoms with E-state index in [1.54, 1.807) is 13.0 Å². The number of carboxylic acids is 1. The van der Waals surface area contributed by atoms with Crippen LogP contribution in [0.3, 0.4) is 0 Å². The molecule has 1 saturated heterocycles. The zero-order valence-electron chi connectivity index (χ0n) is 19.5. The number of ether oxygens (including phenoxy) is 1. The van der Waals surface area contributed by atoms with Crippen molar-refractivity contribution >= 4 is 17.6 Å². The van der Waals surface area contributed by atoms with Gasteiger partial charge in [-0.3, -0.25) is 14.5 Å². The van der Waals surface area contributed by atoms with Gasteiger partial charge in [-0.15, -0.1) is 0 Å². The van der Waals surface area contributed by atoms with Crippen molar-refractivity contribution in [3.05, 3.63) is 53.2 Å². The zero-order chi connectivity index (χ0) is 24.9. The summed E-state index contributed by atoms with van der Waals surface area (Å²) in [6.45, 7) is 4.38. The Morgan fingerprint density at radius 3 is 2.56 bits per heavy atom. The molecule has 3 rings (SSSR count). The van der Waals surface area contributed by atoms with Crippen LogP contribution in [-0.2, 0) is 15.0 Å². The third kappa shape index (κ3) is 5.87. The monoisotopic (exact) mass is 476 g/mol. The number of halogens is 2. The number of aliphatic carboxylic acids is 1. The van der Waals surface area contributed by atoms with Crippen molar-refractivity contribution in [3.63, 3.8) is 0 Å². The Morgan fingerprint density at radius 1 is 1.21 bits per heavy atom. The number of rotatable bonds is 11. The smallest absolute Gasteiger partial charge is 0.388 e. The van der Waals surface area contributed by atoms with Crippen LogP contribution in [0.2, 0.25) is 0 Å². The molecule has 1 amide bonds. The molecule has 0 radical (unpaired) electrons. The van der Waals surface area contributed by atoms with E-state index in [-0.39, 0.29) is 29.9 Å². The number of nitrogens with zero attached hydrogens (tertiary/aromatic N) is 2. The molecule has 0 bridgehead atoms. The minimum absolute atomic E-state index is 0.0823. The lowest BCUT2D eigenvalue weighted by Crippen LogP contribution is -2.66. The van der Waals surface area contributed by atoms with E-state index in [9.17, 15) is 18.4 Å². The van der Waals surface area contributed by atoms with Crippen molar-refractivity contribution in [1.82, 2.24) is 15.2 Å². The molecule has 2 heterocycles. The Balaban J connectivity index is 1.86. The maximum absolute atomic E-state index is 13.7. The zero-order valence-corrected chi connectivity index (χ0v) is 19.5. The summed E-state index contributed by atoms with van der Waals surface area (Å²) in [5.41, 5.74) is 1.58. The summed E-state index contributed by atoms with van der Waals surface area (Å²) in [5, 5.41) is 14.4. The molecule has 1 fully saturated rings. The second-order valence-electron chi connectivity index (χ2n) is 8.74. The Bertz CT molecular complexity index is 1030. The highest BCUT2D eigenvalue weighted by Crippen LogP contribution is 2.40. The molecule has 1 aliphatic heterocycles. The van der Waals surface area contributed by atoms with E-state index >= 15 is 0 Å². The van der Waals surface area contributed by atoms with Crippen molar-refractivity contribution in [2.24, 2.45) is 0 Å². The molecule has 10 heteroatoms. The predicted octanol–water partition coefficient (Wildman–Crippen LogP) is 2.98. The van der Waals surface area contributed by atoms with Crippen LogP contribution in [-0.4, -0.2) is 66.2 Å². The highest BCUT2D eigenvalue weighted by atomic mass is 19.3. The average Bonchev–Trinajstić information content (AvgIpc) is 2.73. The van der Waals surface area contributed by atoms with Gasteiger partial charge in [-0.1, -0.05) is 38.1 Å². The third-order valence-corrected chi connectivity index (χ3v) is 5.85. The molecule has 0 spiro atoms. The van der Waals surface area contributed by atoms with Crippen molar-refractivity contribution in [3.8, 4) is 5.88 Å². The van der Waals surface area contributed by atoms with Crippen molar-refractivity contribution in [2.75, 3.05) is 38.0 Å². The topological polar surface area (TPSA) is 104 Å². The van der Waals surface area contributed by atoms with E-state index < -0.39 is 18.0 Å². The molecule has 1 aromatic heterocycles. The van der Waals surface area contributed by atoms with Crippen LogP contribution in [0.5, 0.6) is 5.88 Å². The highest BCUT2D eigenvalue weighted by molar-refractivity contribution is 6.01. The molecule has 0 atom stereocenters. The Hall–Kier alpha value is -3.11. The predicted molar refractivity (Wildman–Crippen MR) is 123 cm³/mol.